The fourth-order valence-corrected chi connectivity index (χ4v) is 3.30. The molecule has 3 amide bonds. The smallest absolute Gasteiger partial charge is 0.325 e. The first-order valence-electron chi connectivity index (χ1n) is 8.63. The zero-order chi connectivity index (χ0) is 19.6. The van der Waals surface area contributed by atoms with Crippen molar-refractivity contribution in [2.45, 2.75) is 25.0 Å². The first kappa shape index (κ1) is 18.8. The van der Waals surface area contributed by atoms with Crippen molar-refractivity contribution in [3.63, 3.8) is 0 Å². The Morgan fingerprint density at radius 1 is 1.22 bits per heavy atom. The number of nitrogens with one attached hydrogen (secondary N) is 1. The van der Waals surface area contributed by atoms with Crippen molar-refractivity contribution in [2.75, 3.05) is 13.7 Å². The van der Waals surface area contributed by atoms with E-state index in [2.05, 4.69) is 5.32 Å². The Balaban J connectivity index is 1.86. The minimum atomic E-state index is -1.20. The number of halogens is 1. The molecule has 2 atom stereocenters. The Morgan fingerprint density at radius 3 is 2.52 bits per heavy atom. The van der Waals surface area contributed by atoms with Crippen LogP contribution in [0, 0.1) is 5.82 Å². The van der Waals surface area contributed by atoms with Gasteiger partial charge in [0.05, 0.1) is 19.8 Å². The predicted molar refractivity (Wildman–Crippen MR) is 96.6 cm³/mol. The lowest BCUT2D eigenvalue weighted by molar-refractivity contribution is -0.132. The summed E-state index contributed by atoms with van der Waals surface area (Å²) in [5.74, 6) is -0.305. The number of hydrogen-bond acceptors (Lipinski definition) is 4. The van der Waals surface area contributed by atoms with Gasteiger partial charge in [0.25, 0.3) is 5.91 Å². The molecule has 0 spiro atoms. The third-order valence-corrected chi connectivity index (χ3v) is 4.88. The molecule has 0 aromatic heterocycles. The topological polar surface area (TPSA) is 78.9 Å². The van der Waals surface area contributed by atoms with E-state index in [1.807, 2.05) is 0 Å². The summed E-state index contributed by atoms with van der Waals surface area (Å²) in [7, 11) is 1.54. The van der Waals surface area contributed by atoms with E-state index in [0.717, 1.165) is 4.90 Å². The second-order valence-corrected chi connectivity index (χ2v) is 6.40. The molecule has 2 aromatic carbocycles. The van der Waals surface area contributed by atoms with E-state index in [1.54, 1.807) is 44.4 Å². The molecule has 6 nitrogen and oxygen atoms in total. The molecular formula is C20H21FN2O4. The lowest BCUT2D eigenvalue weighted by Gasteiger charge is -2.26. The Hall–Kier alpha value is -2.93. The lowest BCUT2D eigenvalue weighted by atomic mass is 9.87. The van der Waals surface area contributed by atoms with E-state index in [4.69, 9.17) is 4.74 Å². The van der Waals surface area contributed by atoms with Gasteiger partial charge >= 0.3 is 6.03 Å². The highest BCUT2D eigenvalue weighted by Gasteiger charge is 2.51. The molecule has 142 valence electrons. The molecule has 27 heavy (non-hydrogen) atoms. The molecule has 0 radical (unpaired) electrons. The molecule has 0 aliphatic carbocycles. The first-order chi connectivity index (χ1) is 12.9. The summed E-state index contributed by atoms with van der Waals surface area (Å²) in [5.41, 5.74) is -0.272. The predicted octanol–water partition coefficient (Wildman–Crippen LogP) is 2.73. The van der Waals surface area contributed by atoms with Gasteiger partial charge in [0.1, 0.15) is 17.1 Å². The molecule has 1 fully saturated rings. The summed E-state index contributed by atoms with van der Waals surface area (Å²) in [6.07, 6.45) is -0.838. The highest BCUT2D eigenvalue weighted by atomic mass is 19.1. The zero-order valence-corrected chi connectivity index (χ0v) is 15.1. The maximum Gasteiger partial charge on any atom is 0.325 e. The monoisotopic (exact) mass is 372 g/mol. The highest BCUT2D eigenvalue weighted by molar-refractivity contribution is 6.07. The van der Waals surface area contributed by atoms with Gasteiger partial charge in [-0.1, -0.05) is 31.2 Å². The van der Waals surface area contributed by atoms with Crippen LogP contribution >= 0.6 is 0 Å². The second kappa shape index (κ2) is 7.36. The first-order valence-corrected chi connectivity index (χ1v) is 8.63. The molecule has 1 saturated heterocycles. The molecule has 2 unspecified atom stereocenters. The van der Waals surface area contributed by atoms with Gasteiger partial charge in [-0.2, -0.15) is 0 Å². The van der Waals surface area contributed by atoms with Crippen LogP contribution in [0.1, 0.15) is 30.6 Å². The number of aliphatic hydroxyl groups is 1. The van der Waals surface area contributed by atoms with Crippen LogP contribution in [0.4, 0.5) is 9.18 Å². The van der Waals surface area contributed by atoms with E-state index in [0.29, 0.717) is 23.3 Å². The highest BCUT2D eigenvalue weighted by Crippen LogP contribution is 2.34. The zero-order valence-electron chi connectivity index (χ0n) is 15.1. The largest absolute Gasteiger partial charge is 0.497 e. The fraction of sp³-hybridized carbons (Fsp3) is 0.300. The number of methoxy groups -OCH3 is 1. The van der Waals surface area contributed by atoms with Gasteiger partial charge in [-0.3, -0.25) is 9.69 Å². The minimum absolute atomic E-state index is 0.258. The Labute approximate surface area is 156 Å². The number of imide groups is 1. The van der Waals surface area contributed by atoms with Crippen molar-refractivity contribution in [1.82, 2.24) is 10.2 Å². The lowest BCUT2D eigenvalue weighted by Crippen LogP contribution is -2.43. The van der Waals surface area contributed by atoms with Crippen LogP contribution in [0.15, 0.2) is 48.5 Å². The van der Waals surface area contributed by atoms with E-state index in [1.165, 1.54) is 18.2 Å². The normalized spacial score (nSPS) is 20.5. The van der Waals surface area contributed by atoms with E-state index >= 15 is 0 Å². The summed E-state index contributed by atoms with van der Waals surface area (Å²) >= 11 is 0. The maximum atomic E-state index is 13.4. The fourth-order valence-electron chi connectivity index (χ4n) is 3.30. The number of carbonyl (C=O) groups is 2. The van der Waals surface area contributed by atoms with Gasteiger partial charge in [-0.25, -0.2) is 9.18 Å². The average molecular weight is 372 g/mol. The van der Waals surface area contributed by atoms with Crippen LogP contribution in [0.25, 0.3) is 0 Å². The number of nitrogens with zero attached hydrogens (tertiary/aromatic N) is 1. The number of benzene rings is 2. The van der Waals surface area contributed by atoms with Crippen LogP contribution < -0.4 is 10.1 Å². The maximum absolute atomic E-state index is 13.4. The quantitative estimate of drug-likeness (QED) is 0.765. The summed E-state index contributed by atoms with van der Waals surface area (Å²) in [6.45, 7) is 1.54. The van der Waals surface area contributed by atoms with Crippen molar-refractivity contribution in [2.24, 2.45) is 0 Å². The summed E-state index contributed by atoms with van der Waals surface area (Å²) in [4.78, 5) is 26.5. The van der Waals surface area contributed by atoms with Crippen LogP contribution in [-0.2, 0) is 10.3 Å². The Kier molecular flexibility index (Phi) is 5.14. The Bertz CT molecular complexity index is 855. The second-order valence-electron chi connectivity index (χ2n) is 6.40. The van der Waals surface area contributed by atoms with Gasteiger partial charge in [0.2, 0.25) is 0 Å². The van der Waals surface area contributed by atoms with Crippen LogP contribution in [0.5, 0.6) is 5.75 Å². The minimum Gasteiger partial charge on any atom is -0.497 e. The number of ether oxygens (including phenoxy) is 1. The molecular weight excluding hydrogens is 351 g/mol. The van der Waals surface area contributed by atoms with E-state index < -0.39 is 29.4 Å². The number of carbonyl (C=O) groups excluding carboxylic acids is 2. The molecule has 3 rings (SSSR count). The van der Waals surface area contributed by atoms with Gasteiger partial charge in [0.15, 0.2) is 0 Å². The van der Waals surface area contributed by atoms with Gasteiger partial charge in [0, 0.05) is 0 Å². The SMILES string of the molecule is CCC1(c2ccc(OC)cc2)NC(=O)N(CC(O)c2cccc(F)c2)C1=O. The van der Waals surface area contributed by atoms with Crippen LogP contribution in [0.3, 0.4) is 0 Å². The van der Waals surface area contributed by atoms with Crippen molar-refractivity contribution < 1.29 is 23.8 Å². The average Bonchev–Trinajstić information content (AvgIpc) is 2.93. The van der Waals surface area contributed by atoms with Gasteiger partial charge in [-0.15, -0.1) is 0 Å². The number of rotatable bonds is 6. The van der Waals surface area contributed by atoms with Crippen molar-refractivity contribution in [3.8, 4) is 5.75 Å². The number of β-amino-alcohol motifs (C(OH)–C–C–N with tert-alkyl or cyclic N) is 1. The molecule has 7 heteroatoms. The third kappa shape index (κ3) is 3.38. The number of hydrogen-bond donors (Lipinski definition) is 2. The number of amides is 3. The molecule has 0 saturated carbocycles. The van der Waals surface area contributed by atoms with Crippen molar-refractivity contribution in [1.29, 1.82) is 0 Å². The van der Waals surface area contributed by atoms with Crippen molar-refractivity contribution in [3.05, 3.63) is 65.5 Å². The van der Waals surface area contributed by atoms with Gasteiger partial charge < -0.3 is 15.2 Å². The summed E-state index contributed by atoms with van der Waals surface area (Å²) in [6, 6.07) is 11.8. The molecule has 1 heterocycles. The summed E-state index contributed by atoms with van der Waals surface area (Å²) in [5, 5.41) is 13.1. The molecule has 0 bridgehead atoms. The van der Waals surface area contributed by atoms with E-state index in [-0.39, 0.29) is 6.54 Å². The summed E-state index contributed by atoms with van der Waals surface area (Å²) < 4.78 is 18.5. The van der Waals surface area contributed by atoms with Crippen molar-refractivity contribution >= 4 is 11.9 Å². The van der Waals surface area contributed by atoms with Crippen LogP contribution in [0.2, 0.25) is 0 Å². The van der Waals surface area contributed by atoms with Crippen LogP contribution in [-0.4, -0.2) is 35.6 Å². The van der Waals surface area contributed by atoms with E-state index in [9.17, 15) is 19.1 Å². The standard InChI is InChI=1S/C20H21FN2O4/c1-3-20(14-7-9-16(27-2)10-8-14)18(25)23(19(26)22-20)12-17(24)13-5-4-6-15(21)11-13/h4-11,17,24H,3,12H2,1-2H3,(H,22,26). The molecule has 2 N–H and O–H groups in total. The molecule has 2 aromatic rings. The van der Waals surface area contributed by atoms with Gasteiger partial charge in [-0.05, 0) is 41.8 Å². The third-order valence-electron chi connectivity index (χ3n) is 4.88. The number of urea groups is 1. The Morgan fingerprint density at radius 2 is 1.93 bits per heavy atom. The number of aliphatic hydroxyl groups excluding tert-OH is 1. The molecule has 1 aliphatic rings. The molecule has 1 aliphatic heterocycles.